The normalized spacial score (nSPS) is 25.9. The van der Waals surface area contributed by atoms with Crippen LogP contribution in [0.3, 0.4) is 0 Å². The molecule has 41 heavy (non-hydrogen) atoms. The van der Waals surface area contributed by atoms with Crippen molar-refractivity contribution in [3.05, 3.63) is 58.8 Å². The quantitative estimate of drug-likeness (QED) is 0.379. The van der Waals surface area contributed by atoms with E-state index in [4.69, 9.17) is 21.1 Å². The summed E-state index contributed by atoms with van der Waals surface area (Å²) in [7, 11) is 2.17. The molecule has 2 aromatic rings. The Morgan fingerprint density at radius 3 is 2.80 bits per heavy atom. The molecule has 1 aromatic heterocycles. The molecule has 0 N–H and O–H groups in total. The number of anilines is 1. The van der Waals surface area contributed by atoms with Gasteiger partial charge in [0.25, 0.3) is 0 Å². The van der Waals surface area contributed by atoms with Crippen LogP contribution in [0.15, 0.2) is 30.9 Å². The lowest BCUT2D eigenvalue weighted by Crippen LogP contribution is -2.55. The van der Waals surface area contributed by atoms with Gasteiger partial charge in [0.1, 0.15) is 12.4 Å². The van der Waals surface area contributed by atoms with Gasteiger partial charge in [-0.1, -0.05) is 31.7 Å². The van der Waals surface area contributed by atoms with Crippen LogP contribution in [-0.4, -0.2) is 77.6 Å². The predicted octanol–water partition coefficient (Wildman–Crippen LogP) is 4.18. The highest BCUT2D eigenvalue weighted by Gasteiger charge is 2.36. The summed E-state index contributed by atoms with van der Waals surface area (Å²) in [4.78, 5) is 29.3. The second kappa shape index (κ2) is 11.9. The first-order chi connectivity index (χ1) is 20.0. The van der Waals surface area contributed by atoms with Crippen LogP contribution in [0.2, 0.25) is 0 Å². The molecule has 2 saturated heterocycles. The molecular weight excluding hydrogens is 510 g/mol. The summed E-state index contributed by atoms with van der Waals surface area (Å²) >= 11 is 0. The molecule has 0 spiro atoms. The fraction of sp³-hybridized carbons (Fsp3) is 0.559. The van der Waals surface area contributed by atoms with Crippen molar-refractivity contribution in [1.29, 1.82) is 0 Å². The fourth-order valence-electron chi connectivity index (χ4n) is 7.61. The van der Waals surface area contributed by atoms with Gasteiger partial charge in [-0.2, -0.15) is 9.97 Å². The Balaban J connectivity index is 1.33. The standard InChI is InChI=1S/C34H43N5O2/c1-5-10-25-21-38(17-18-39(25)32(40)6-2)33-30-19-23(3)29(28-15-8-12-24-11-7-14-27(24)28)20-31(30)35-34(36-33)41-22-26-13-9-16-37(26)4/h1,6,8,12,15,23,25-26,29H,2,7,9-11,13-14,16-22H2,3-4H3. The predicted molar refractivity (Wildman–Crippen MR) is 162 cm³/mol. The maximum atomic E-state index is 12.6. The van der Waals surface area contributed by atoms with Crippen molar-refractivity contribution < 1.29 is 9.53 Å². The summed E-state index contributed by atoms with van der Waals surface area (Å²) < 4.78 is 6.35. The van der Waals surface area contributed by atoms with Crippen molar-refractivity contribution in [1.82, 2.24) is 19.8 Å². The molecule has 7 nitrogen and oxygen atoms in total. The zero-order valence-corrected chi connectivity index (χ0v) is 24.6. The highest BCUT2D eigenvalue weighted by atomic mass is 16.5. The number of nitrogens with zero attached hydrogens (tertiary/aromatic N) is 5. The Morgan fingerprint density at radius 2 is 2.02 bits per heavy atom. The van der Waals surface area contributed by atoms with Gasteiger partial charge in [-0.3, -0.25) is 4.79 Å². The Bertz CT molecular complexity index is 1350. The van der Waals surface area contributed by atoms with Crippen LogP contribution in [0.25, 0.3) is 0 Å². The van der Waals surface area contributed by atoms with Gasteiger partial charge >= 0.3 is 6.01 Å². The SMILES string of the molecule is C#CCC1CN(c2nc(OCC3CCCN3C)nc3c2CC(C)C(c2cccc4c2CCC4)C3)CCN1C(=O)C=C. The average molecular weight is 554 g/mol. The van der Waals surface area contributed by atoms with Gasteiger partial charge in [0.2, 0.25) is 5.91 Å². The number of likely N-dealkylation sites (tertiary alicyclic amines) is 1. The zero-order chi connectivity index (χ0) is 28.5. The number of ether oxygens (including phenoxy) is 1. The number of piperazine rings is 1. The molecule has 1 amide bonds. The molecule has 4 atom stereocenters. The third kappa shape index (κ3) is 5.47. The summed E-state index contributed by atoms with van der Waals surface area (Å²) in [6, 6.07) is 7.70. The fourth-order valence-corrected chi connectivity index (χ4v) is 7.61. The van der Waals surface area contributed by atoms with Gasteiger partial charge in [0.05, 0.1) is 11.7 Å². The molecule has 0 saturated carbocycles. The lowest BCUT2D eigenvalue weighted by atomic mass is 9.73. The summed E-state index contributed by atoms with van der Waals surface area (Å²) in [5, 5.41) is 0. The lowest BCUT2D eigenvalue weighted by molar-refractivity contribution is -0.128. The molecule has 0 bridgehead atoms. The van der Waals surface area contributed by atoms with E-state index in [1.165, 1.54) is 48.4 Å². The second-order valence-corrected chi connectivity index (χ2v) is 12.4. The van der Waals surface area contributed by atoms with Gasteiger partial charge in [0.15, 0.2) is 0 Å². The van der Waals surface area contributed by atoms with E-state index in [0.717, 1.165) is 37.3 Å². The number of aromatic nitrogens is 2. The first kappa shape index (κ1) is 27.8. The van der Waals surface area contributed by atoms with Gasteiger partial charge in [0, 0.05) is 37.7 Å². The highest BCUT2D eigenvalue weighted by molar-refractivity contribution is 5.87. The number of terminal acetylenes is 1. The first-order valence-electron chi connectivity index (χ1n) is 15.4. The lowest BCUT2D eigenvalue weighted by Gasteiger charge is -2.42. The summed E-state index contributed by atoms with van der Waals surface area (Å²) in [6.45, 7) is 9.71. The number of carbonyl (C=O) groups excluding carboxylic acids is 1. The number of fused-ring (bicyclic) bond motifs is 2. The number of rotatable bonds is 7. The van der Waals surface area contributed by atoms with E-state index >= 15 is 0 Å². The van der Waals surface area contributed by atoms with Gasteiger partial charge < -0.3 is 19.4 Å². The van der Waals surface area contributed by atoms with Crippen LogP contribution < -0.4 is 9.64 Å². The number of hydrogen-bond donors (Lipinski definition) is 0. The third-order valence-corrected chi connectivity index (χ3v) is 9.93. The van der Waals surface area contributed by atoms with Crippen LogP contribution in [0.5, 0.6) is 6.01 Å². The number of amides is 1. The van der Waals surface area contributed by atoms with E-state index in [1.807, 2.05) is 4.90 Å². The van der Waals surface area contributed by atoms with Gasteiger partial charge in [-0.15, -0.1) is 12.3 Å². The average Bonchev–Trinajstić information content (AvgIpc) is 3.64. The van der Waals surface area contributed by atoms with Crippen LogP contribution in [0.1, 0.15) is 66.5 Å². The molecule has 4 aliphatic rings. The minimum absolute atomic E-state index is 0.0637. The molecule has 0 radical (unpaired) electrons. The molecule has 2 aliphatic carbocycles. The van der Waals surface area contributed by atoms with Crippen molar-refractivity contribution in [2.24, 2.45) is 5.92 Å². The molecule has 7 heteroatoms. The Kier molecular flexibility index (Phi) is 8.03. The Morgan fingerprint density at radius 1 is 1.15 bits per heavy atom. The van der Waals surface area contributed by atoms with Crippen molar-refractivity contribution in [2.75, 3.05) is 44.7 Å². The Hall–Kier alpha value is -3.37. The summed E-state index contributed by atoms with van der Waals surface area (Å²) in [5.74, 6) is 4.58. The highest BCUT2D eigenvalue weighted by Crippen LogP contribution is 2.43. The van der Waals surface area contributed by atoms with E-state index in [-0.39, 0.29) is 11.9 Å². The van der Waals surface area contributed by atoms with E-state index in [0.29, 0.717) is 56.6 Å². The van der Waals surface area contributed by atoms with E-state index in [1.54, 1.807) is 5.56 Å². The molecule has 4 unspecified atom stereocenters. The number of aryl methyl sites for hydroxylation is 1. The zero-order valence-electron chi connectivity index (χ0n) is 24.6. The smallest absolute Gasteiger partial charge is 0.318 e. The van der Waals surface area contributed by atoms with Gasteiger partial charge in [-0.25, -0.2) is 0 Å². The number of carbonyl (C=O) groups is 1. The van der Waals surface area contributed by atoms with E-state index < -0.39 is 0 Å². The minimum Gasteiger partial charge on any atom is -0.462 e. The van der Waals surface area contributed by atoms with E-state index in [9.17, 15) is 4.79 Å². The molecule has 2 aliphatic heterocycles. The second-order valence-electron chi connectivity index (χ2n) is 12.4. The number of hydrogen-bond acceptors (Lipinski definition) is 6. The molecule has 6 rings (SSSR count). The topological polar surface area (TPSA) is 61.8 Å². The molecule has 3 heterocycles. The van der Waals surface area contributed by atoms with Crippen molar-refractivity contribution in [3.63, 3.8) is 0 Å². The van der Waals surface area contributed by atoms with Crippen LogP contribution >= 0.6 is 0 Å². The Labute approximate surface area is 245 Å². The monoisotopic (exact) mass is 553 g/mol. The summed E-state index contributed by atoms with van der Waals surface area (Å²) in [6.07, 6.45) is 15.4. The summed E-state index contributed by atoms with van der Waals surface area (Å²) in [5.41, 5.74) is 6.96. The molecule has 2 fully saturated rings. The van der Waals surface area contributed by atoms with E-state index in [2.05, 4.69) is 54.5 Å². The van der Waals surface area contributed by atoms with Crippen LogP contribution in [0, 0.1) is 18.3 Å². The van der Waals surface area contributed by atoms with Crippen molar-refractivity contribution in [3.8, 4) is 18.4 Å². The molecule has 1 aromatic carbocycles. The van der Waals surface area contributed by atoms with Crippen LogP contribution in [-0.2, 0) is 30.5 Å². The maximum absolute atomic E-state index is 12.6. The largest absolute Gasteiger partial charge is 0.462 e. The third-order valence-electron chi connectivity index (χ3n) is 9.93. The molecule has 216 valence electrons. The van der Waals surface area contributed by atoms with Crippen molar-refractivity contribution >= 4 is 11.7 Å². The molecular formula is C34H43N5O2. The number of benzene rings is 1. The number of likely N-dealkylation sites (N-methyl/N-ethyl adjacent to an activating group) is 1. The minimum atomic E-state index is -0.0814. The van der Waals surface area contributed by atoms with Gasteiger partial charge in [-0.05, 0) is 93.1 Å². The van der Waals surface area contributed by atoms with Crippen molar-refractivity contribution in [2.45, 2.75) is 76.3 Å². The maximum Gasteiger partial charge on any atom is 0.318 e. The first-order valence-corrected chi connectivity index (χ1v) is 15.4. The van der Waals surface area contributed by atoms with Crippen LogP contribution in [0.4, 0.5) is 5.82 Å².